The molecule has 0 aromatic carbocycles. The Morgan fingerprint density at radius 1 is 1.14 bits per heavy atom. The van der Waals surface area contributed by atoms with Gasteiger partial charge >= 0.3 is 0 Å². The molecule has 2 rings (SSSR count). The highest BCUT2D eigenvalue weighted by Gasteiger charge is 2.15. The minimum atomic E-state index is 0. The molecule has 0 unspecified atom stereocenters. The summed E-state index contributed by atoms with van der Waals surface area (Å²) >= 11 is 0. The van der Waals surface area contributed by atoms with Crippen molar-refractivity contribution in [1.29, 1.82) is 0 Å². The van der Waals surface area contributed by atoms with Crippen molar-refractivity contribution in [3.8, 4) is 11.5 Å². The zero-order chi connectivity index (χ0) is 19.8. The van der Waals surface area contributed by atoms with Crippen LogP contribution in [0.5, 0.6) is 11.5 Å². The largest absolute Gasteiger partial charge is 0.496 e. The lowest BCUT2D eigenvalue weighted by Gasteiger charge is -2.20. The first kappa shape index (κ1) is 23.6. The Labute approximate surface area is 168 Å². The van der Waals surface area contributed by atoms with Gasteiger partial charge in [-0.1, -0.05) is 20.8 Å². The fourth-order valence-electron chi connectivity index (χ4n) is 3.02. The molecule has 0 spiro atoms. The van der Waals surface area contributed by atoms with E-state index in [2.05, 4.69) is 27.2 Å². The van der Waals surface area contributed by atoms with Crippen molar-refractivity contribution >= 4 is 5.82 Å². The van der Waals surface area contributed by atoms with E-state index in [-0.39, 0.29) is 20.1 Å². The molecule has 0 aliphatic heterocycles. The van der Waals surface area contributed by atoms with Crippen molar-refractivity contribution in [2.45, 2.75) is 67.0 Å². The molecule has 0 amide bonds. The molecule has 0 saturated carbocycles. The fraction of sp³-hybridized carbons (Fsp3) is 0.571. The third kappa shape index (κ3) is 6.05. The number of hydrogen-bond donors (Lipinski definition) is 2. The Morgan fingerprint density at radius 2 is 1.89 bits per heavy atom. The van der Waals surface area contributed by atoms with Gasteiger partial charge in [-0.3, -0.25) is 4.98 Å². The number of methoxy groups -OCH3 is 1. The summed E-state index contributed by atoms with van der Waals surface area (Å²) in [5.41, 5.74) is 2.76. The Kier molecular flexibility index (Phi) is 9.65. The molecule has 7 nitrogen and oxygen atoms in total. The number of anilines is 1. The highest BCUT2D eigenvalue weighted by molar-refractivity contribution is 5.49. The highest BCUT2D eigenvalue weighted by Crippen LogP contribution is 2.27. The summed E-state index contributed by atoms with van der Waals surface area (Å²) in [6, 6.07) is 0.135. The summed E-state index contributed by atoms with van der Waals surface area (Å²) in [5, 5.41) is 12.7. The summed E-state index contributed by atoms with van der Waals surface area (Å²) in [5.74, 6) is 2.70. The Balaban J connectivity index is 0.00000392. The molecule has 7 heteroatoms. The van der Waals surface area contributed by atoms with Gasteiger partial charge in [-0.25, -0.2) is 9.97 Å². The van der Waals surface area contributed by atoms with E-state index in [1.165, 1.54) is 0 Å². The number of nitrogens with zero attached hydrogens (tertiary/aromatic N) is 3. The van der Waals surface area contributed by atoms with Gasteiger partial charge in [0, 0.05) is 30.0 Å². The van der Waals surface area contributed by atoms with Gasteiger partial charge in [0.25, 0.3) is 0 Å². The SMILES string of the molecule is C.CCC[C@@H](CCO)Nc1nc(C)ncc1OCc1ncc(C)c(OC)c1C. The molecular formula is C21H34N4O3. The van der Waals surface area contributed by atoms with Crippen molar-refractivity contribution in [3.63, 3.8) is 0 Å². The predicted octanol–water partition coefficient (Wildman–Crippen LogP) is 3.98. The molecule has 0 fully saturated rings. The topological polar surface area (TPSA) is 89.4 Å². The molecule has 2 N–H and O–H groups in total. The molecule has 156 valence electrons. The second-order valence-corrected chi connectivity index (χ2v) is 6.61. The number of pyridine rings is 1. The van der Waals surface area contributed by atoms with Gasteiger partial charge < -0.3 is 19.9 Å². The third-order valence-corrected chi connectivity index (χ3v) is 4.45. The smallest absolute Gasteiger partial charge is 0.180 e. The van der Waals surface area contributed by atoms with E-state index >= 15 is 0 Å². The number of hydrogen-bond acceptors (Lipinski definition) is 7. The van der Waals surface area contributed by atoms with E-state index < -0.39 is 0 Å². The summed E-state index contributed by atoms with van der Waals surface area (Å²) in [6.45, 7) is 8.32. The van der Waals surface area contributed by atoms with Gasteiger partial charge in [0.05, 0.1) is 19.0 Å². The minimum absolute atomic E-state index is 0. The molecular weight excluding hydrogens is 356 g/mol. The first-order valence-electron chi connectivity index (χ1n) is 9.33. The van der Waals surface area contributed by atoms with Crippen LogP contribution < -0.4 is 14.8 Å². The fourth-order valence-corrected chi connectivity index (χ4v) is 3.02. The number of aliphatic hydroxyl groups is 1. The standard InChI is InChI=1S/C20H30N4O3.CH4/c1-6-7-16(8-9-25)24-20-18(11-21-15(4)23-20)27-12-17-14(3)19(26-5)13(2)10-22-17;/h10-11,16,25H,6-9,12H2,1-5H3,(H,21,23,24);1H4/t16-;/m0./s1. The van der Waals surface area contributed by atoms with E-state index in [9.17, 15) is 5.11 Å². The van der Waals surface area contributed by atoms with Crippen LogP contribution in [0.1, 0.15) is 56.3 Å². The number of nitrogens with one attached hydrogen (secondary N) is 1. The summed E-state index contributed by atoms with van der Waals surface area (Å²) < 4.78 is 11.4. The lowest BCUT2D eigenvalue weighted by atomic mass is 10.1. The maximum atomic E-state index is 9.30. The third-order valence-electron chi connectivity index (χ3n) is 4.45. The first-order chi connectivity index (χ1) is 13.0. The average molecular weight is 391 g/mol. The van der Waals surface area contributed by atoms with Crippen LogP contribution in [0.4, 0.5) is 5.82 Å². The lowest BCUT2D eigenvalue weighted by Crippen LogP contribution is -2.22. The van der Waals surface area contributed by atoms with Crippen LogP contribution in [0.25, 0.3) is 0 Å². The van der Waals surface area contributed by atoms with Crippen LogP contribution in [-0.4, -0.2) is 39.8 Å². The van der Waals surface area contributed by atoms with E-state index in [1.54, 1.807) is 19.5 Å². The Bertz CT molecular complexity index is 747. The molecule has 2 aromatic heterocycles. The number of rotatable bonds is 10. The molecule has 0 aliphatic carbocycles. The van der Waals surface area contributed by atoms with Crippen molar-refractivity contribution in [2.75, 3.05) is 19.0 Å². The van der Waals surface area contributed by atoms with Gasteiger partial charge in [0.1, 0.15) is 18.2 Å². The normalized spacial score (nSPS) is 11.5. The number of aliphatic hydroxyl groups excluding tert-OH is 1. The quantitative estimate of drug-likeness (QED) is 0.634. The molecule has 28 heavy (non-hydrogen) atoms. The molecule has 2 heterocycles. The van der Waals surface area contributed by atoms with Crippen molar-refractivity contribution in [2.24, 2.45) is 0 Å². The van der Waals surface area contributed by atoms with Crippen LogP contribution in [0.2, 0.25) is 0 Å². The zero-order valence-corrected chi connectivity index (χ0v) is 16.9. The summed E-state index contributed by atoms with van der Waals surface area (Å²) in [6.07, 6.45) is 6.08. The van der Waals surface area contributed by atoms with Gasteiger partial charge in [0.2, 0.25) is 0 Å². The number of aryl methyl sites for hydroxylation is 2. The summed E-state index contributed by atoms with van der Waals surface area (Å²) in [4.78, 5) is 13.2. The van der Waals surface area contributed by atoms with E-state index in [4.69, 9.17) is 9.47 Å². The summed E-state index contributed by atoms with van der Waals surface area (Å²) in [7, 11) is 1.66. The van der Waals surface area contributed by atoms with Crippen LogP contribution in [0, 0.1) is 20.8 Å². The van der Waals surface area contributed by atoms with E-state index in [0.29, 0.717) is 30.4 Å². The molecule has 0 aliphatic rings. The Morgan fingerprint density at radius 3 is 2.54 bits per heavy atom. The van der Waals surface area contributed by atoms with Crippen LogP contribution in [-0.2, 0) is 6.61 Å². The van der Waals surface area contributed by atoms with Crippen LogP contribution in [0.15, 0.2) is 12.4 Å². The van der Waals surface area contributed by atoms with Crippen molar-refractivity contribution in [3.05, 3.63) is 35.0 Å². The van der Waals surface area contributed by atoms with Gasteiger partial charge in [-0.2, -0.15) is 0 Å². The maximum absolute atomic E-state index is 9.30. The van der Waals surface area contributed by atoms with Crippen LogP contribution in [0.3, 0.4) is 0 Å². The molecule has 0 radical (unpaired) electrons. The molecule has 0 saturated heterocycles. The minimum Gasteiger partial charge on any atom is -0.496 e. The lowest BCUT2D eigenvalue weighted by molar-refractivity contribution is 0.275. The molecule has 2 aromatic rings. The highest BCUT2D eigenvalue weighted by atomic mass is 16.5. The molecule has 1 atom stereocenters. The van der Waals surface area contributed by atoms with Gasteiger partial charge in [-0.15, -0.1) is 0 Å². The van der Waals surface area contributed by atoms with E-state index in [1.807, 2.05) is 20.8 Å². The van der Waals surface area contributed by atoms with Crippen molar-refractivity contribution < 1.29 is 14.6 Å². The zero-order valence-electron chi connectivity index (χ0n) is 16.9. The predicted molar refractivity (Wildman–Crippen MR) is 112 cm³/mol. The van der Waals surface area contributed by atoms with Crippen molar-refractivity contribution in [1.82, 2.24) is 15.0 Å². The number of aromatic nitrogens is 3. The molecule has 0 bridgehead atoms. The Hall–Kier alpha value is -2.41. The van der Waals surface area contributed by atoms with E-state index in [0.717, 1.165) is 35.4 Å². The maximum Gasteiger partial charge on any atom is 0.180 e. The first-order valence-corrected chi connectivity index (χ1v) is 9.33. The average Bonchev–Trinajstić information content (AvgIpc) is 2.63. The second kappa shape index (κ2) is 11.4. The second-order valence-electron chi connectivity index (χ2n) is 6.61. The number of ether oxygens (including phenoxy) is 2. The van der Waals surface area contributed by atoms with Gasteiger partial charge in [0.15, 0.2) is 11.6 Å². The van der Waals surface area contributed by atoms with Gasteiger partial charge in [-0.05, 0) is 33.6 Å². The van der Waals surface area contributed by atoms with Crippen LogP contribution >= 0.6 is 0 Å². The monoisotopic (exact) mass is 390 g/mol.